The maximum atomic E-state index is 12.6. The van der Waals surface area contributed by atoms with Gasteiger partial charge in [-0.15, -0.1) is 0 Å². The number of piperidine rings is 1. The summed E-state index contributed by atoms with van der Waals surface area (Å²) in [5, 5.41) is 4.06. The van der Waals surface area contributed by atoms with Gasteiger partial charge in [0.05, 0.1) is 6.21 Å². The number of likely N-dealkylation sites (tertiary alicyclic amines) is 1. The van der Waals surface area contributed by atoms with E-state index >= 15 is 0 Å². The molecule has 0 saturated carbocycles. The molecule has 0 aromatic heterocycles. The fraction of sp³-hybridized carbons (Fsp3) is 0.276. The second kappa shape index (κ2) is 11.5. The minimum absolute atomic E-state index is 0.00217. The molecule has 2 amide bonds. The molecule has 2 atom stereocenters. The first-order valence-electron chi connectivity index (χ1n) is 12.0. The second-order valence-corrected chi connectivity index (χ2v) is 8.93. The second-order valence-electron chi connectivity index (χ2n) is 8.93. The van der Waals surface area contributed by atoms with E-state index in [0.717, 1.165) is 36.0 Å². The van der Waals surface area contributed by atoms with Crippen molar-refractivity contribution in [3.63, 3.8) is 0 Å². The fourth-order valence-electron chi connectivity index (χ4n) is 4.46. The van der Waals surface area contributed by atoms with Crippen molar-refractivity contribution in [2.24, 2.45) is 5.10 Å². The van der Waals surface area contributed by atoms with Crippen LogP contribution in [0.1, 0.15) is 49.0 Å². The Morgan fingerprint density at radius 3 is 2.20 bits per heavy atom. The molecular formula is C29H31N3O3. The zero-order chi connectivity index (χ0) is 24.6. The van der Waals surface area contributed by atoms with Crippen molar-refractivity contribution < 1.29 is 14.3 Å². The summed E-state index contributed by atoms with van der Waals surface area (Å²) >= 11 is 0. The normalized spacial score (nSPS) is 17.8. The highest BCUT2D eigenvalue weighted by Gasteiger charge is 2.28. The first-order valence-corrected chi connectivity index (χ1v) is 12.0. The molecule has 2 unspecified atom stereocenters. The Hall–Kier alpha value is -3.93. The van der Waals surface area contributed by atoms with Gasteiger partial charge in [0.25, 0.3) is 11.8 Å². The van der Waals surface area contributed by atoms with Crippen molar-refractivity contribution in [3.8, 4) is 16.9 Å². The van der Waals surface area contributed by atoms with Crippen molar-refractivity contribution >= 4 is 18.0 Å². The lowest BCUT2D eigenvalue weighted by Crippen LogP contribution is -2.49. The molecule has 1 saturated heterocycles. The van der Waals surface area contributed by atoms with Gasteiger partial charge in [0.2, 0.25) is 0 Å². The van der Waals surface area contributed by atoms with E-state index in [1.807, 2.05) is 47.4 Å². The van der Waals surface area contributed by atoms with E-state index in [1.165, 1.54) is 0 Å². The number of ether oxygens (including phenoxy) is 1. The molecule has 0 radical (unpaired) electrons. The molecule has 35 heavy (non-hydrogen) atoms. The van der Waals surface area contributed by atoms with E-state index in [-0.39, 0.29) is 30.5 Å². The Bertz CT molecular complexity index is 1150. The SMILES string of the molecule is CC1CCCC(C)N1C(=O)COc1ccc(C(=O)NN=Cc2ccc(-c3ccccc3)cc2)cc1. The molecule has 1 fully saturated rings. The van der Waals surface area contributed by atoms with Crippen LogP contribution in [0.4, 0.5) is 0 Å². The number of hydrogen-bond donors (Lipinski definition) is 1. The monoisotopic (exact) mass is 469 g/mol. The molecule has 6 heteroatoms. The minimum Gasteiger partial charge on any atom is -0.484 e. The van der Waals surface area contributed by atoms with Gasteiger partial charge in [0, 0.05) is 17.6 Å². The molecule has 6 nitrogen and oxygen atoms in total. The van der Waals surface area contributed by atoms with Crippen LogP contribution < -0.4 is 10.2 Å². The van der Waals surface area contributed by atoms with Crippen LogP contribution >= 0.6 is 0 Å². The molecule has 3 aromatic rings. The topological polar surface area (TPSA) is 71.0 Å². The van der Waals surface area contributed by atoms with Crippen LogP contribution in [0.2, 0.25) is 0 Å². The van der Waals surface area contributed by atoms with Gasteiger partial charge in [-0.3, -0.25) is 9.59 Å². The Morgan fingerprint density at radius 1 is 0.914 bits per heavy atom. The van der Waals surface area contributed by atoms with E-state index in [0.29, 0.717) is 11.3 Å². The zero-order valence-electron chi connectivity index (χ0n) is 20.2. The van der Waals surface area contributed by atoms with Crippen molar-refractivity contribution in [1.82, 2.24) is 10.3 Å². The lowest BCUT2D eigenvalue weighted by molar-refractivity contribution is -0.139. The molecule has 3 aromatic carbocycles. The van der Waals surface area contributed by atoms with Crippen LogP contribution in [-0.4, -0.2) is 41.6 Å². The highest BCUT2D eigenvalue weighted by molar-refractivity contribution is 5.95. The van der Waals surface area contributed by atoms with Crippen LogP contribution in [0.25, 0.3) is 11.1 Å². The standard InChI is InChI=1S/C29H31N3O3/c1-21-7-6-8-22(2)32(21)28(33)20-35-27-17-15-26(16-18-27)29(34)31-30-19-23-11-13-25(14-12-23)24-9-4-3-5-10-24/h3-5,9-19,21-22H,6-8,20H2,1-2H3,(H,31,34). The van der Waals surface area contributed by atoms with Crippen LogP contribution in [0, 0.1) is 0 Å². The third-order valence-corrected chi connectivity index (χ3v) is 6.36. The maximum Gasteiger partial charge on any atom is 0.271 e. The number of nitrogens with one attached hydrogen (secondary N) is 1. The van der Waals surface area contributed by atoms with Gasteiger partial charge in [-0.1, -0.05) is 54.6 Å². The Labute approximate surface area is 206 Å². The largest absolute Gasteiger partial charge is 0.484 e. The first kappa shape index (κ1) is 24.2. The average molecular weight is 470 g/mol. The number of amides is 2. The highest BCUT2D eigenvalue weighted by atomic mass is 16.5. The molecule has 1 N–H and O–H groups in total. The van der Waals surface area contributed by atoms with E-state index < -0.39 is 0 Å². The number of hydrogen-bond acceptors (Lipinski definition) is 4. The summed E-state index contributed by atoms with van der Waals surface area (Å²) in [5.41, 5.74) is 6.16. The average Bonchev–Trinajstić information content (AvgIpc) is 2.88. The summed E-state index contributed by atoms with van der Waals surface area (Å²) in [7, 11) is 0. The number of carbonyl (C=O) groups is 2. The van der Waals surface area contributed by atoms with Crippen LogP contribution in [0.3, 0.4) is 0 Å². The molecule has 180 valence electrons. The summed E-state index contributed by atoms with van der Waals surface area (Å²) < 4.78 is 5.68. The van der Waals surface area contributed by atoms with Gasteiger partial charge in [0.15, 0.2) is 6.61 Å². The summed E-state index contributed by atoms with van der Waals surface area (Å²) in [6, 6.07) is 25.3. The summed E-state index contributed by atoms with van der Waals surface area (Å²) in [6.45, 7) is 4.17. The quantitative estimate of drug-likeness (QED) is 0.378. The maximum absolute atomic E-state index is 12.6. The predicted octanol–water partition coefficient (Wildman–Crippen LogP) is 5.29. The Morgan fingerprint density at radius 2 is 1.54 bits per heavy atom. The molecule has 0 bridgehead atoms. The van der Waals surface area contributed by atoms with E-state index in [9.17, 15) is 9.59 Å². The lowest BCUT2D eigenvalue weighted by atomic mass is 9.97. The van der Waals surface area contributed by atoms with Crippen LogP contribution in [0.15, 0.2) is 84.0 Å². The van der Waals surface area contributed by atoms with E-state index in [1.54, 1.807) is 30.5 Å². The number of hydrazone groups is 1. The number of rotatable bonds is 7. The van der Waals surface area contributed by atoms with Crippen molar-refractivity contribution in [2.75, 3.05) is 6.61 Å². The highest BCUT2D eigenvalue weighted by Crippen LogP contribution is 2.23. The number of carbonyl (C=O) groups excluding carboxylic acids is 2. The van der Waals surface area contributed by atoms with E-state index in [4.69, 9.17) is 4.74 Å². The predicted molar refractivity (Wildman–Crippen MR) is 138 cm³/mol. The van der Waals surface area contributed by atoms with Gasteiger partial charge in [-0.25, -0.2) is 5.43 Å². The Kier molecular flexibility index (Phi) is 7.93. The summed E-state index contributed by atoms with van der Waals surface area (Å²) in [6.07, 6.45) is 4.82. The summed E-state index contributed by atoms with van der Waals surface area (Å²) in [4.78, 5) is 26.9. The van der Waals surface area contributed by atoms with Crippen molar-refractivity contribution in [2.45, 2.75) is 45.2 Å². The molecule has 0 aliphatic carbocycles. The smallest absolute Gasteiger partial charge is 0.271 e. The molecule has 0 spiro atoms. The first-order chi connectivity index (χ1) is 17.0. The molecule has 1 aliphatic rings. The number of nitrogens with zero attached hydrogens (tertiary/aromatic N) is 2. The third kappa shape index (κ3) is 6.35. The van der Waals surface area contributed by atoms with Gasteiger partial charge in [-0.05, 0) is 74.1 Å². The van der Waals surface area contributed by atoms with Gasteiger partial charge in [0.1, 0.15) is 5.75 Å². The van der Waals surface area contributed by atoms with Crippen molar-refractivity contribution in [3.05, 3.63) is 90.0 Å². The lowest BCUT2D eigenvalue weighted by Gasteiger charge is -2.38. The molecule has 1 heterocycles. The molecular weight excluding hydrogens is 438 g/mol. The van der Waals surface area contributed by atoms with Crippen LogP contribution in [0.5, 0.6) is 5.75 Å². The number of benzene rings is 3. The van der Waals surface area contributed by atoms with Crippen LogP contribution in [-0.2, 0) is 4.79 Å². The summed E-state index contributed by atoms with van der Waals surface area (Å²) in [5.74, 6) is 0.229. The zero-order valence-corrected chi connectivity index (χ0v) is 20.2. The minimum atomic E-state index is -0.319. The Balaban J connectivity index is 1.26. The van der Waals surface area contributed by atoms with Gasteiger partial charge < -0.3 is 9.64 Å². The van der Waals surface area contributed by atoms with E-state index in [2.05, 4.69) is 36.5 Å². The van der Waals surface area contributed by atoms with Gasteiger partial charge in [-0.2, -0.15) is 5.10 Å². The molecule has 1 aliphatic heterocycles. The third-order valence-electron chi connectivity index (χ3n) is 6.36. The fourth-order valence-corrected chi connectivity index (χ4v) is 4.46. The molecule has 4 rings (SSSR count). The van der Waals surface area contributed by atoms with Crippen molar-refractivity contribution in [1.29, 1.82) is 0 Å². The van der Waals surface area contributed by atoms with Gasteiger partial charge >= 0.3 is 0 Å².